The molecule has 2 amide bonds. The number of methoxy groups -OCH3 is 2. The summed E-state index contributed by atoms with van der Waals surface area (Å²) >= 11 is 1.76. The van der Waals surface area contributed by atoms with E-state index in [1.807, 2.05) is 9.80 Å². The van der Waals surface area contributed by atoms with E-state index < -0.39 is 5.82 Å². The fourth-order valence-electron chi connectivity index (χ4n) is 4.26. The Bertz CT molecular complexity index is 969. The smallest absolute Gasteiger partial charge is 0.255 e. The number of rotatable bonds is 4. The summed E-state index contributed by atoms with van der Waals surface area (Å²) in [5, 5.41) is 0. The summed E-state index contributed by atoms with van der Waals surface area (Å²) in [6, 6.07) is 11.0. The number of hydrogen-bond donors (Lipinski definition) is 0. The highest BCUT2D eigenvalue weighted by molar-refractivity contribution is 8.00. The van der Waals surface area contributed by atoms with Gasteiger partial charge in [-0.25, -0.2) is 4.39 Å². The van der Waals surface area contributed by atoms with Gasteiger partial charge in [-0.1, -0.05) is 6.07 Å². The maximum Gasteiger partial charge on any atom is 0.255 e. The van der Waals surface area contributed by atoms with E-state index in [1.54, 1.807) is 56.3 Å². The van der Waals surface area contributed by atoms with E-state index >= 15 is 0 Å². The predicted octanol–water partition coefficient (Wildman–Crippen LogP) is 3.66. The molecule has 2 heterocycles. The molecule has 0 bridgehead atoms. The minimum atomic E-state index is -0.416. The summed E-state index contributed by atoms with van der Waals surface area (Å²) in [4.78, 5) is 29.5. The van der Waals surface area contributed by atoms with Gasteiger partial charge in [0.05, 0.1) is 19.1 Å². The Hall–Kier alpha value is -2.74. The summed E-state index contributed by atoms with van der Waals surface area (Å²) in [6.45, 7) is 1.71. The van der Waals surface area contributed by atoms with Crippen LogP contribution in [0.3, 0.4) is 0 Å². The standard InChI is InChI=1S/C23H25FN2O4S/c1-29-19-13-17(14-20(15-19)30-2)21(27)25-8-6-23(7-9-25)26(10-11-31-23)22(28)16-4-3-5-18(24)12-16/h3-5,12-15H,6-11H2,1-2H3. The minimum absolute atomic E-state index is 0.0851. The third kappa shape index (κ3) is 4.21. The Morgan fingerprint density at radius 2 is 1.61 bits per heavy atom. The normalized spacial score (nSPS) is 17.6. The predicted molar refractivity (Wildman–Crippen MR) is 117 cm³/mol. The zero-order chi connectivity index (χ0) is 22.0. The van der Waals surface area contributed by atoms with E-state index in [-0.39, 0.29) is 16.7 Å². The first kappa shape index (κ1) is 21.5. The second-order valence-electron chi connectivity index (χ2n) is 7.66. The molecule has 2 aromatic carbocycles. The van der Waals surface area contributed by atoms with Gasteiger partial charge in [0.1, 0.15) is 17.3 Å². The Morgan fingerprint density at radius 1 is 0.935 bits per heavy atom. The van der Waals surface area contributed by atoms with Crippen molar-refractivity contribution >= 4 is 23.6 Å². The highest BCUT2D eigenvalue weighted by atomic mass is 32.2. The molecule has 8 heteroatoms. The van der Waals surface area contributed by atoms with Crippen molar-refractivity contribution in [1.29, 1.82) is 0 Å². The van der Waals surface area contributed by atoms with Crippen molar-refractivity contribution in [2.75, 3.05) is 39.6 Å². The van der Waals surface area contributed by atoms with E-state index in [0.29, 0.717) is 55.1 Å². The van der Waals surface area contributed by atoms with Crippen molar-refractivity contribution in [3.05, 3.63) is 59.4 Å². The number of benzene rings is 2. The molecule has 2 aromatic rings. The van der Waals surface area contributed by atoms with Gasteiger partial charge in [-0.05, 0) is 43.2 Å². The Morgan fingerprint density at radius 3 is 2.23 bits per heavy atom. The van der Waals surface area contributed by atoms with Crippen molar-refractivity contribution in [2.24, 2.45) is 0 Å². The lowest BCUT2D eigenvalue weighted by atomic mass is 10.00. The van der Waals surface area contributed by atoms with E-state index in [0.717, 1.165) is 5.75 Å². The molecular weight excluding hydrogens is 419 g/mol. The van der Waals surface area contributed by atoms with Crippen molar-refractivity contribution in [3.8, 4) is 11.5 Å². The van der Waals surface area contributed by atoms with Gasteiger partial charge in [0.15, 0.2) is 0 Å². The first-order valence-electron chi connectivity index (χ1n) is 10.2. The number of carbonyl (C=O) groups is 2. The van der Waals surface area contributed by atoms with Crippen LogP contribution in [0.2, 0.25) is 0 Å². The Balaban J connectivity index is 1.48. The van der Waals surface area contributed by atoms with Crippen LogP contribution in [0.15, 0.2) is 42.5 Å². The van der Waals surface area contributed by atoms with Crippen molar-refractivity contribution in [3.63, 3.8) is 0 Å². The molecule has 2 fully saturated rings. The average Bonchev–Trinajstić information content (AvgIpc) is 3.20. The van der Waals surface area contributed by atoms with Gasteiger partial charge in [0.25, 0.3) is 11.8 Å². The van der Waals surface area contributed by atoms with Crippen LogP contribution < -0.4 is 9.47 Å². The van der Waals surface area contributed by atoms with Crippen molar-refractivity contribution in [1.82, 2.24) is 9.80 Å². The third-order valence-electron chi connectivity index (χ3n) is 5.92. The monoisotopic (exact) mass is 444 g/mol. The molecule has 1 spiro atoms. The molecule has 0 aliphatic carbocycles. The van der Waals surface area contributed by atoms with Gasteiger partial charge >= 0.3 is 0 Å². The number of hydrogen-bond acceptors (Lipinski definition) is 5. The Labute approximate surface area is 185 Å². The van der Waals surface area contributed by atoms with E-state index in [2.05, 4.69) is 0 Å². The molecule has 0 aromatic heterocycles. The van der Waals surface area contributed by atoms with E-state index in [4.69, 9.17) is 9.47 Å². The largest absolute Gasteiger partial charge is 0.497 e. The highest BCUT2D eigenvalue weighted by Gasteiger charge is 2.47. The molecule has 0 N–H and O–H groups in total. The molecule has 0 saturated carbocycles. The lowest BCUT2D eigenvalue weighted by Crippen LogP contribution is -2.53. The molecule has 2 aliphatic rings. The molecule has 2 saturated heterocycles. The maximum absolute atomic E-state index is 13.6. The van der Waals surface area contributed by atoms with E-state index in [1.165, 1.54) is 12.1 Å². The van der Waals surface area contributed by atoms with Crippen LogP contribution >= 0.6 is 11.8 Å². The van der Waals surface area contributed by atoms with Gasteiger partial charge in [-0.3, -0.25) is 9.59 Å². The first-order chi connectivity index (χ1) is 15.0. The maximum atomic E-state index is 13.6. The third-order valence-corrected chi connectivity index (χ3v) is 7.48. The van der Waals surface area contributed by atoms with Gasteiger partial charge in [0, 0.05) is 42.6 Å². The minimum Gasteiger partial charge on any atom is -0.497 e. The number of thioether (sulfide) groups is 1. The molecule has 31 heavy (non-hydrogen) atoms. The molecule has 2 aliphatic heterocycles. The number of piperidine rings is 1. The number of carbonyl (C=O) groups excluding carboxylic acids is 2. The van der Waals surface area contributed by atoms with Crippen molar-refractivity contribution in [2.45, 2.75) is 17.7 Å². The van der Waals surface area contributed by atoms with Crippen LogP contribution in [-0.2, 0) is 0 Å². The number of ether oxygens (including phenoxy) is 2. The SMILES string of the molecule is COc1cc(OC)cc(C(=O)N2CCC3(CC2)SCCN3C(=O)c2cccc(F)c2)c1. The topological polar surface area (TPSA) is 59.1 Å². The summed E-state index contributed by atoms with van der Waals surface area (Å²) in [7, 11) is 3.10. The quantitative estimate of drug-likeness (QED) is 0.720. The summed E-state index contributed by atoms with van der Waals surface area (Å²) in [6.07, 6.45) is 1.34. The zero-order valence-electron chi connectivity index (χ0n) is 17.6. The first-order valence-corrected chi connectivity index (χ1v) is 11.2. The summed E-state index contributed by atoms with van der Waals surface area (Å²) < 4.78 is 24.2. The lowest BCUT2D eigenvalue weighted by Gasteiger charge is -2.44. The zero-order valence-corrected chi connectivity index (χ0v) is 18.4. The molecule has 0 unspecified atom stereocenters. The molecular formula is C23H25FN2O4S. The second-order valence-corrected chi connectivity index (χ2v) is 9.11. The number of nitrogens with zero attached hydrogens (tertiary/aromatic N) is 2. The summed E-state index contributed by atoms with van der Waals surface area (Å²) in [5.41, 5.74) is 0.878. The molecule has 164 valence electrons. The fraction of sp³-hybridized carbons (Fsp3) is 0.391. The van der Waals surface area contributed by atoms with Crippen LogP contribution in [0.4, 0.5) is 4.39 Å². The van der Waals surface area contributed by atoms with Crippen molar-refractivity contribution < 1.29 is 23.5 Å². The fourth-order valence-corrected chi connectivity index (χ4v) is 5.71. The van der Waals surface area contributed by atoms with Crippen LogP contribution in [-0.4, -0.2) is 66.1 Å². The summed E-state index contributed by atoms with van der Waals surface area (Å²) in [5.74, 6) is 1.31. The molecule has 6 nitrogen and oxygen atoms in total. The van der Waals surface area contributed by atoms with Crippen LogP contribution in [0.1, 0.15) is 33.6 Å². The van der Waals surface area contributed by atoms with Gasteiger partial charge in [-0.2, -0.15) is 0 Å². The number of likely N-dealkylation sites (tertiary alicyclic amines) is 1. The number of amides is 2. The highest BCUT2D eigenvalue weighted by Crippen LogP contribution is 2.44. The average molecular weight is 445 g/mol. The lowest BCUT2D eigenvalue weighted by molar-refractivity contribution is 0.0497. The van der Waals surface area contributed by atoms with Gasteiger partial charge in [-0.15, -0.1) is 11.8 Å². The van der Waals surface area contributed by atoms with Crippen LogP contribution in [0.5, 0.6) is 11.5 Å². The Kier molecular flexibility index (Phi) is 6.09. The molecule has 0 atom stereocenters. The van der Waals surface area contributed by atoms with Crippen LogP contribution in [0, 0.1) is 5.82 Å². The molecule has 4 rings (SSSR count). The van der Waals surface area contributed by atoms with Gasteiger partial charge < -0.3 is 19.3 Å². The van der Waals surface area contributed by atoms with Crippen LogP contribution in [0.25, 0.3) is 0 Å². The second kappa shape index (κ2) is 8.78. The molecule has 0 radical (unpaired) electrons. The number of halogens is 1. The van der Waals surface area contributed by atoms with Gasteiger partial charge in [0.2, 0.25) is 0 Å². The van der Waals surface area contributed by atoms with E-state index in [9.17, 15) is 14.0 Å².